The summed E-state index contributed by atoms with van der Waals surface area (Å²) in [5, 5.41) is 0. The summed E-state index contributed by atoms with van der Waals surface area (Å²) in [5.74, 6) is 5.32. The highest BCUT2D eigenvalue weighted by Crippen LogP contribution is 2.19. The van der Waals surface area contributed by atoms with Crippen LogP contribution in [-0.2, 0) is 16.4 Å². The van der Waals surface area contributed by atoms with Gasteiger partial charge in [0.2, 0.25) is 10.0 Å². The highest BCUT2D eigenvalue weighted by atomic mass is 32.2. The van der Waals surface area contributed by atoms with E-state index in [1.165, 1.54) is 6.07 Å². The molecule has 0 unspecified atom stereocenters. The molecule has 0 aliphatic heterocycles. The van der Waals surface area contributed by atoms with Gasteiger partial charge in [-0.3, -0.25) is 10.8 Å². The molecule has 7 heteroatoms. The van der Waals surface area contributed by atoms with E-state index in [2.05, 4.69) is 15.1 Å². The van der Waals surface area contributed by atoms with Crippen LogP contribution in [0.1, 0.15) is 5.56 Å². The average Bonchev–Trinajstić information content (AvgIpc) is 2.48. The lowest BCUT2D eigenvalue weighted by atomic mass is 10.2. The number of pyridine rings is 1. The van der Waals surface area contributed by atoms with Gasteiger partial charge >= 0.3 is 0 Å². The average molecular weight is 292 g/mol. The number of sulfonamides is 1. The van der Waals surface area contributed by atoms with Crippen LogP contribution in [0.5, 0.6) is 0 Å². The number of nitrogens with two attached hydrogens (primary N) is 1. The summed E-state index contributed by atoms with van der Waals surface area (Å²) in [4.78, 5) is 4.11. The van der Waals surface area contributed by atoms with Crippen LogP contribution in [0.2, 0.25) is 0 Å². The maximum Gasteiger partial charge on any atom is 0.242 e. The van der Waals surface area contributed by atoms with Crippen LogP contribution < -0.4 is 16.0 Å². The van der Waals surface area contributed by atoms with Crippen molar-refractivity contribution in [2.75, 3.05) is 12.0 Å². The van der Waals surface area contributed by atoms with Gasteiger partial charge in [0.1, 0.15) is 4.90 Å². The van der Waals surface area contributed by atoms with E-state index in [0.29, 0.717) is 18.7 Å². The Bertz CT molecular complexity index is 659. The van der Waals surface area contributed by atoms with E-state index in [4.69, 9.17) is 5.84 Å². The van der Waals surface area contributed by atoms with E-state index in [-0.39, 0.29) is 4.90 Å². The molecule has 2 aromatic rings. The van der Waals surface area contributed by atoms with Crippen molar-refractivity contribution in [2.24, 2.45) is 5.84 Å². The third-order valence-corrected chi connectivity index (χ3v) is 4.28. The number of benzene rings is 1. The fourth-order valence-corrected chi connectivity index (χ4v) is 2.97. The minimum Gasteiger partial charge on any atom is -0.323 e. The van der Waals surface area contributed by atoms with Crippen molar-refractivity contribution in [1.29, 1.82) is 0 Å². The zero-order valence-corrected chi connectivity index (χ0v) is 11.6. The number of nitrogens with zero attached hydrogens (tertiary/aromatic N) is 1. The molecule has 1 heterocycles. The predicted octanol–water partition coefficient (Wildman–Crippen LogP) is 0.888. The van der Waals surface area contributed by atoms with Crippen molar-refractivity contribution in [3.05, 3.63) is 54.4 Å². The Morgan fingerprint density at radius 1 is 1.15 bits per heavy atom. The minimum absolute atomic E-state index is 0.133. The topological polar surface area (TPSA) is 97.1 Å². The Morgan fingerprint density at radius 2 is 1.95 bits per heavy atom. The highest BCUT2D eigenvalue weighted by molar-refractivity contribution is 7.89. The Kier molecular flexibility index (Phi) is 4.67. The van der Waals surface area contributed by atoms with E-state index in [1.54, 1.807) is 30.6 Å². The molecule has 20 heavy (non-hydrogen) atoms. The molecular formula is C13H16N4O2S. The minimum atomic E-state index is -3.59. The summed E-state index contributed by atoms with van der Waals surface area (Å²) >= 11 is 0. The van der Waals surface area contributed by atoms with Crippen LogP contribution >= 0.6 is 0 Å². The summed E-state index contributed by atoms with van der Waals surface area (Å²) in [6, 6.07) is 10.2. The summed E-state index contributed by atoms with van der Waals surface area (Å²) in [6.07, 6.45) is 3.96. The van der Waals surface area contributed by atoms with Gasteiger partial charge in [0.05, 0.1) is 5.69 Å². The van der Waals surface area contributed by atoms with Crippen LogP contribution in [0.4, 0.5) is 5.69 Å². The monoisotopic (exact) mass is 292 g/mol. The van der Waals surface area contributed by atoms with Gasteiger partial charge < -0.3 is 5.43 Å². The van der Waals surface area contributed by atoms with Gasteiger partial charge in [-0.25, -0.2) is 13.1 Å². The first-order chi connectivity index (χ1) is 9.63. The molecule has 0 saturated carbocycles. The molecule has 0 fully saturated rings. The maximum atomic E-state index is 12.2. The Morgan fingerprint density at radius 3 is 2.65 bits per heavy atom. The zero-order valence-electron chi connectivity index (χ0n) is 10.8. The molecule has 1 aromatic heterocycles. The summed E-state index contributed by atoms with van der Waals surface area (Å²) in [6.45, 7) is 0.299. The molecular weight excluding hydrogens is 276 g/mol. The van der Waals surface area contributed by atoms with Gasteiger partial charge in [-0.2, -0.15) is 0 Å². The van der Waals surface area contributed by atoms with Crippen molar-refractivity contribution in [2.45, 2.75) is 11.3 Å². The molecule has 106 valence electrons. The van der Waals surface area contributed by atoms with Gasteiger partial charge in [0.25, 0.3) is 0 Å². The number of hydrogen-bond donors (Lipinski definition) is 3. The van der Waals surface area contributed by atoms with Crippen LogP contribution in [0.15, 0.2) is 53.7 Å². The van der Waals surface area contributed by atoms with Crippen molar-refractivity contribution in [3.8, 4) is 0 Å². The number of aromatic nitrogens is 1. The van der Waals surface area contributed by atoms with Crippen LogP contribution in [0.25, 0.3) is 0 Å². The largest absolute Gasteiger partial charge is 0.323 e. The van der Waals surface area contributed by atoms with Gasteiger partial charge in [0.15, 0.2) is 0 Å². The smallest absolute Gasteiger partial charge is 0.242 e. The Hall–Kier alpha value is -1.96. The first-order valence-electron chi connectivity index (χ1n) is 6.08. The van der Waals surface area contributed by atoms with Gasteiger partial charge in [-0.05, 0) is 30.2 Å². The number of nitrogen functional groups attached to an aromatic ring is 1. The molecule has 0 bridgehead atoms. The number of nitrogens with one attached hydrogen (secondary N) is 2. The van der Waals surface area contributed by atoms with Crippen molar-refractivity contribution in [3.63, 3.8) is 0 Å². The first kappa shape index (κ1) is 14.4. The fraction of sp³-hybridized carbons (Fsp3) is 0.154. The van der Waals surface area contributed by atoms with Crippen molar-refractivity contribution in [1.82, 2.24) is 9.71 Å². The SMILES string of the molecule is NNc1ccccc1S(=O)(=O)NCCc1cccnc1. The first-order valence-corrected chi connectivity index (χ1v) is 7.56. The lowest BCUT2D eigenvalue weighted by Crippen LogP contribution is -2.27. The summed E-state index contributed by atoms with van der Waals surface area (Å²) in [7, 11) is -3.59. The molecule has 0 amide bonds. The number of hydrazine groups is 1. The number of para-hydroxylation sites is 1. The molecule has 0 atom stereocenters. The van der Waals surface area contributed by atoms with E-state index in [1.807, 2.05) is 12.1 Å². The molecule has 1 aromatic carbocycles. The van der Waals surface area contributed by atoms with Gasteiger partial charge in [-0.1, -0.05) is 18.2 Å². The van der Waals surface area contributed by atoms with E-state index < -0.39 is 10.0 Å². The van der Waals surface area contributed by atoms with Crippen LogP contribution in [-0.4, -0.2) is 19.9 Å². The van der Waals surface area contributed by atoms with Crippen LogP contribution in [0, 0.1) is 0 Å². The number of rotatable bonds is 6. The molecule has 0 aliphatic carbocycles. The second kappa shape index (κ2) is 6.47. The quantitative estimate of drug-likeness (QED) is 0.542. The Labute approximate surface area is 118 Å². The third-order valence-electron chi connectivity index (χ3n) is 2.76. The number of anilines is 1. The number of hydrogen-bond acceptors (Lipinski definition) is 5. The van der Waals surface area contributed by atoms with E-state index >= 15 is 0 Å². The Balaban J connectivity index is 2.04. The van der Waals surface area contributed by atoms with Gasteiger partial charge in [-0.15, -0.1) is 0 Å². The standard InChI is InChI=1S/C13H16N4O2S/c14-17-12-5-1-2-6-13(12)20(18,19)16-9-7-11-4-3-8-15-10-11/h1-6,8,10,16-17H,7,9,14H2. The summed E-state index contributed by atoms with van der Waals surface area (Å²) < 4.78 is 26.9. The lowest BCUT2D eigenvalue weighted by Gasteiger charge is -2.10. The highest BCUT2D eigenvalue weighted by Gasteiger charge is 2.16. The molecule has 0 spiro atoms. The zero-order chi connectivity index (χ0) is 14.4. The van der Waals surface area contributed by atoms with E-state index in [0.717, 1.165) is 5.56 Å². The van der Waals surface area contributed by atoms with Crippen molar-refractivity contribution < 1.29 is 8.42 Å². The van der Waals surface area contributed by atoms with Crippen LogP contribution in [0.3, 0.4) is 0 Å². The molecule has 0 radical (unpaired) electrons. The molecule has 6 nitrogen and oxygen atoms in total. The summed E-state index contributed by atoms with van der Waals surface area (Å²) in [5.41, 5.74) is 3.72. The maximum absolute atomic E-state index is 12.2. The molecule has 2 rings (SSSR count). The third kappa shape index (κ3) is 3.53. The molecule has 0 saturated heterocycles. The van der Waals surface area contributed by atoms with Gasteiger partial charge in [0, 0.05) is 18.9 Å². The normalized spacial score (nSPS) is 11.2. The lowest BCUT2D eigenvalue weighted by molar-refractivity contribution is 0.582. The van der Waals surface area contributed by atoms with E-state index in [9.17, 15) is 8.42 Å². The second-order valence-corrected chi connectivity index (χ2v) is 5.88. The van der Waals surface area contributed by atoms with Crippen molar-refractivity contribution >= 4 is 15.7 Å². The predicted molar refractivity (Wildman–Crippen MR) is 77.4 cm³/mol. The molecule has 4 N–H and O–H groups in total. The second-order valence-electron chi connectivity index (χ2n) is 4.15. The fourth-order valence-electron chi connectivity index (χ4n) is 1.77. The molecule has 0 aliphatic rings.